The number of aryl methyl sites for hydroxylation is 2. The van der Waals surface area contributed by atoms with Crippen LogP contribution in [0.1, 0.15) is 49.1 Å². The second-order valence-electron chi connectivity index (χ2n) is 6.15. The smallest absolute Gasteiger partial charge is 0.223 e. The zero-order valence-electron chi connectivity index (χ0n) is 12.2. The van der Waals surface area contributed by atoms with Crippen LogP contribution in [0.5, 0.6) is 0 Å². The number of hydrogen-bond donors (Lipinski definition) is 1. The zero-order chi connectivity index (χ0) is 14.3. The van der Waals surface area contributed by atoms with Crippen LogP contribution in [0.15, 0.2) is 4.52 Å². The monoisotopic (exact) mass is 278 g/mol. The molecular weight excluding hydrogens is 256 g/mol. The highest BCUT2D eigenvalue weighted by Gasteiger charge is 2.52. The number of hydrogen-bond acceptors (Lipinski definition) is 4. The summed E-state index contributed by atoms with van der Waals surface area (Å²) in [5.41, 5.74) is 1.32. The molecule has 1 amide bonds. The average molecular weight is 278 g/mol. The predicted molar refractivity (Wildman–Crippen MR) is 73.2 cm³/mol. The first-order chi connectivity index (χ1) is 9.51. The van der Waals surface area contributed by atoms with E-state index in [4.69, 9.17) is 4.52 Å². The molecule has 1 aliphatic heterocycles. The van der Waals surface area contributed by atoms with Crippen LogP contribution < -0.4 is 0 Å². The molecule has 0 spiro atoms. The molecule has 110 valence electrons. The molecule has 1 atom stereocenters. The molecule has 0 bridgehead atoms. The van der Waals surface area contributed by atoms with Crippen molar-refractivity contribution in [1.82, 2.24) is 10.1 Å². The van der Waals surface area contributed by atoms with E-state index in [0.29, 0.717) is 12.8 Å². The normalized spacial score (nSPS) is 24.1. The second-order valence-corrected chi connectivity index (χ2v) is 6.15. The maximum absolute atomic E-state index is 12.4. The summed E-state index contributed by atoms with van der Waals surface area (Å²) >= 11 is 0. The number of likely N-dealkylation sites (tertiary alicyclic amines) is 1. The van der Waals surface area contributed by atoms with Crippen molar-refractivity contribution in [3.05, 3.63) is 17.0 Å². The fourth-order valence-electron chi connectivity index (χ4n) is 3.32. The summed E-state index contributed by atoms with van der Waals surface area (Å²) in [5, 5.41) is 14.2. The van der Waals surface area contributed by atoms with Crippen LogP contribution in [0, 0.1) is 13.8 Å². The van der Waals surface area contributed by atoms with Crippen molar-refractivity contribution in [2.24, 2.45) is 0 Å². The molecule has 1 saturated heterocycles. The first kappa shape index (κ1) is 13.6. The van der Waals surface area contributed by atoms with E-state index in [0.717, 1.165) is 49.2 Å². The first-order valence-corrected chi connectivity index (χ1v) is 7.45. The third kappa shape index (κ3) is 2.35. The Bertz CT molecular complexity index is 500. The van der Waals surface area contributed by atoms with Gasteiger partial charge in [0, 0.05) is 18.5 Å². The lowest BCUT2D eigenvalue weighted by Gasteiger charge is -2.28. The Morgan fingerprint density at radius 1 is 1.50 bits per heavy atom. The lowest BCUT2D eigenvalue weighted by Crippen LogP contribution is -2.44. The Balaban J connectivity index is 1.62. The number of rotatable bonds is 4. The van der Waals surface area contributed by atoms with E-state index in [1.54, 1.807) is 0 Å². The van der Waals surface area contributed by atoms with E-state index < -0.39 is 5.60 Å². The molecule has 5 heteroatoms. The van der Waals surface area contributed by atoms with Crippen molar-refractivity contribution in [3.63, 3.8) is 0 Å². The highest BCUT2D eigenvalue weighted by Crippen LogP contribution is 2.44. The van der Waals surface area contributed by atoms with Crippen molar-refractivity contribution in [1.29, 1.82) is 0 Å². The summed E-state index contributed by atoms with van der Waals surface area (Å²) in [7, 11) is 0. The van der Waals surface area contributed by atoms with Crippen molar-refractivity contribution in [2.75, 3.05) is 6.54 Å². The number of aliphatic hydroxyl groups is 1. The number of carbonyl (C=O) groups is 1. The van der Waals surface area contributed by atoms with Gasteiger partial charge in [-0.3, -0.25) is 4.79 Å². The Morgan fingerprint density at radius 3 is 2.85 bits per heavy atom. The van der Waals surface area contributed by atoms with Gasteiger partial charge in [-0.1, -0.05) is 5.16 Å². The van der Waals surface area contributed by atoms with Crippen molar-refractivity contribution >= 4 is 5.91 Å². The summed E-state index contributed by atoms with van der Waals surface area (Å²) in [6.45, 7) is 4.57. The number of amides is 1. The molecule has 1 unspecified atom stereocenters. The van der Waals surface area contributed by atoms with Gasteiger partial charge in [0.2, 0.25) is 5.91 Å². The van der Waals surface area contributed by atoms with Crippen molar-refractivity contribution in [2.45, 2.75) is 64.0 Å². The Morgan fingerprint density at radius 2 is 2.25 bits per heavy atom. The predicted octanol–water partition coefficient (Wildman–Crippen LogP) is 1.74. The molecule has 1 saturated carbocycles. The Labute approximate surface area is 118 Å². The largest absolute Gasteiger partial charge is 0.388 e. The molecular formula is C15H22N2O3. The summed E-state index contributed by atoms with van der Waals surface area (Å²) < 4.78 is 5.12. The van der Waals surface area contributed by atoms with Crippen LogP contribution in [0.3, 0.4) is 0 Å². The lowest BCUT2D eigenvalue weighted by atomic mass is 10.0. The van der Waals surface area contributed by atoms with Gasteiger partial charge in [-0.25, -0.2) is 0 Å². The minimum absolute atomic E-state index is 0.0414. The van der Waals surface area contributed by atoms with Crippen molar-refractivity contribution < 1.29 is 14.4 Å². The quantitative estimate of drug-likeness (QED) is 0.911. The van der Waals surface area contributed by atoms with Crippen LogP contribution in [-0.4, -0.2) is 39.3 Å². The van der Waals surface area contributed by atoms with E-state index >= 15 is 0 Å². The Hall–Kier alpha value is -1.36. The molecule has 1 aliphatic carbocycles. The van der Waals surface area contributed by atoms with Crippen LogP contribution in [0.2, 0.25) is 0 Å². The number of aromatic nitrogens is 1. The number of nitrogens with zero attached hydrogens (tertiary/aromatic N) is 2. The van der Waals surface area contributed by atoms with Gasteiger partial charge in [-0.2, -0.15) is 0 Å². The highest BCUT2D eigenvalue weighted by atomic mass is 16.5. The van der Waals surface area contributed by atoms with Gasteiger partial charge in [0.15, 0.2) is 0 Å². The van der Waals surface area contributed by atoms with E-state index in [9.17, 15) is 9.90 Å². The fraction of sp³-hybridized carbons (Fsp3) is 0.733. The molecule has 20 heavy (non-hydrogen) atoms. The third-order valence-electron chi connectivity index (χ3n) is 4.73. The summed E-state index contributed by atoms with van der Waals surface area (Å²) in [6, 6.07) is 0.0414. The Kier molecular flexibility index (Phi) is 3.32. The standard InChI is InChI=1S/C15H22N2O3/c1-10-12(11(2)20-16-10)5-6-14(18)17-9-3-4-13(17)15(19)7-8-15/h13,19H,3-9H2,1-2H3. The van der Waals surface area contributed by atoms with Crippen LogP contribution in [0.25, 0.3) is 0 Å². The molecule has 1 aromatic heterocycles. The van der Waals surface area contributed by atoms with Gasteiger partial charge in [0.05, 0.1) is 17.3 Å². The fourth-order valence-corrected chi connectivity index (χ4v) is 3.32. The zero-order valence-corrected chi connectivity index (χ0v) is 12.2. The molecule has 5 nitrogen and oxygen atoms in total. The molecule has 1 aromatic rings. The van der Waals surface area contributed by atoms with Gasteiger partial charge in [-0.15, -0.1) is 0 Å². The molecule has 0 radical (unpaired) electrons. The van der Waals surface area contributed by atoms with E-state index in [-0.39, 0.29) is 11.9 Å². The third-order valence-corrected chi connectivity index (χ3v) is 4.73. The maximum atomic E-state index is 12.4. The minimum atomic E-state index is -0.588. The molecule has 0 aromatic carbocycles. The summed E-state index contributed by atoms with van der Waals surface area (Å²) in [6.07, 6.45) is 4.76. The van der Waals surface area contributed by atoms with Gasteiger partial charge < -0.3 is 14.5 Å². The van der Waals surface area contributed by atoms with Crippen molar-refractivity contribution in [3.8, 4) is 0 Å². The first-order valence-electron chi connectivity index (χ1n) is 7.45. The molecule has 1 N–H and O–H groups in total. The molecule has 2 aliphatic rings. The highest BCUT2D eigenvalue weighted by molar-refractivity contribution is 5.77. The average Bonchev–Trinajstić information content (AvgIpc) is 2.88. The summed E-state index contributed by atoms with van der Waals surface area (Å²) in [5.74, 6) is 0.946. The number of carbonyl (C=O) groups excluding carboxylic acids is 1. The van der Waals surface area contributed by atoms with E-state index in [2.05, 4.69) is 5.16 Å². The van der Waals surface area contributed by atoms with Crippen LogP contribution >= 0.6 is 0 Å². The minimum Gasteiger partial charge on any atom is -0.388 e. The van der Waals surface area contributed by atoms with E-state index in [1.807, 2.05) is 18.7 Å². The van der Waals surface area contributed by atoms with Crippen LogP contribution in [-0.2, 0) is 11.2 Å². The molecule has 3 rings (SSSR count). The van der Waals surface area contributed by atoms with Gasteiger partial charge >= 0.3 is 0 Å². The SMILES string of the molecule is Cc1noc(C)c1CCC(=O)N1CCCC1C1(O)CC1. The summed E-state index contributed by atoms with van der Waals surface area (Å²) in [4.78, 5) is 14.3. The maximum Gasteiger partial charge on any atom is 0.223 e. The van der Waals surface area contributed by atoms with E-state index in [1.165, 1.54) is 0 Å². The lowest BCUT2D eigenvalue weighted by molar-refractivity contribution is -0.134. The second kappa shape index (κ2) is 4.88. The molecule has 2 heterocycles. The van der Waals surface area contributed by atoms with Crippen LogP contribution in [0.4, 0.5) is 0 Å². The molecule has 2 fully saturated rings. The van der Waals surface area contributed by atoms with Gasteiger partial charge in [0.1, 0.15) is 5.76 Å². The van der Waals surface area contributed by atoms with Gasteiger partial charge in [0.25, 0.3) is 0 Å². The van der Waals surface area contributed by atoms with Gasteiger partial charge in [-0.05, 0) is 46.0 Å². The topological polar surface area (TPSA) is 66.6 Å².